The highest BCUT2D eigenvalue weighted by atomic mass is 15.0. The number of unbranched alkanes of at least 4 members (excludes halogenated alkanes) is 4. The van der Waals surface area contributed by atoms with E-state index in [1.807, 2.05) is 0 Å². The van der Waals surface area contributed by atoms with Gasteiger partial charge in [0, 0.05) is 13.3 Å². The molecule has 0 spiro atoms. The van der Waals surface area contributed by atoms with Crippen LogP contribution in [0.25, 0.3) is 0 Å². The lowest BCUT2D eigenvalue weighted by molar-refractivity contribution is -0.683. The van der Waals surface area contributed by atoms with Crippen molar-refractivity contribution in [1.82, 2.24) is 4.98 Å². The number of aromatic nitrogens is 2. The van der Waals surface area contributed by atoms with Crippen LogP contribution in [-0.2, 0) is 13.5 Å². The van der Waals surface area contributed by atoms with E-state index in [2.05, 4.69) is 36.6 Å². The first-order valence-electron chi connectivity index (χ1n) is 5.78. The van der Waals surface area contributed by atoms with Gasteiger partial charge < -0.3 is 0 Å². The van der Waals surface area contributed by atoms with Gasteiger partial charge >= 0.3 is 0 Å². The quantitative estimate of drug-likeness (QED) is 0.532. The summed E-state index contributed by atoms with van der Waals surface area (Å²) in [6.45, 7) is 4.37. The van der Waals surface area contributed by atoms with Crippen LogP contribution < -0.4 is 4.57 Å². The Morgan fingerprint density at radius 3 is 2.50 bits per heavy atom. The maximum atomic E-state index is 3.25. The molecule has 1 aromatic rings. The van der Waals surface area contributed by atoms with E-state index >= 15 is 0 Å². The molecular formula is C12H23N2+. The van der Waals surface area contributed by atoms with Crippen molar-refractivity contribution >= 4 is 0 Å². The van der Waals surface area contributed by atoms with Crippen molar-refractivity contribution in [3.05, 3.63) is 17.7 Å². The molecule has 0 saturated carbocycles. The third-order valence-corrected chi connectivity index (χ3v) is 2.92. The highest BCUT2D eigenvalue weighted by Gasteiger charge is 2.08. The summed E-state index contributed by atoms with van der Waals surface area (Å²) in [5.41, 5.74) is 1.43. The van der Waals surface area contributed by atoms with Gasteiger partial charge in [-0.05, 0) is 6.42 Å². The molecule has 0 saturated heterocycles. The van der Waals surface area contributed by atoms with E-state index in [1.54, 1.807) is 0 Å². The first-order chi connectivity index (χ1) is 6.75. The maximum Gasteiger partial charge on any atom is 0.251 e. The summed E-state index contributed by atoms with van der Waals surface area (Å²) in [6, 6.07) is 0. The van der Waals surface area contributed by atoms with Crippen LogP contribution in [-0.4, -0.2) is 4.98 Å². The molecular weight excluding hydrogens is 172 g/mol. The molecule has 0 aromatic carbocycles. The van der Waals surface area contributed by atoms with Crippen molar-refractivity contribution in [3.8, 4) is 0 Å². The second-order valence-electron chi connectivity index (χ2n) is 4.09. The smallest absolute Gasteiger partial charge is 0.248 e. The fourth-order valence-corrected chi connectivity index (χ4v) is 1.75. The van der Waals surface area contributed by atoms with Crippen molar-refractivity contribution in [2.75, 3.05) is 0 Å². The number of hydrogen-bond acceptors (Lipinski definition) is 0. The normalized spacial score (nSPS) is 10.8. The fraction of sp³-hybridized carbons (Fsp3) is 0.750. The van der Waals surface area contributed by atoms with Gasteiger partial charge in [-0.25, -0.2) is 9.55 Å². The Bertz CT molecular complexity index is 263. The molecule has 0 atom stereocenters. The lowest BCUT2D eigenvalue weighted by atomic mass is 10.1. The van der Waals surface area contributed by atoms with Crippen LogP contribution in [0.2, 0.25) is 0 Å². The van der Waals surface area contributed by atoms with Crippen molar-refractivity contribution in [3.63, 3.8) is 0 Å². The van der Waals surface area contributed by atoms with E-state index in [1.165, 1.54) is 50.0 Å². The Hall–Kier alpha value is -0.790. The number of rotatable bonds is 6. The molecule has 0 unspecified atom stereocenters. The lowest BCUT2D eigenvalue weighted by Gasteiger charge is -1.98. The van der Waals surface area contributed by atoms with E-state index in [9.17, 15) is 0 Å². The van der Waals surface area contributed by atoms with Gasteiger partial charge in [0.2, 0.25) is 0 Å². The Labute approximate surface area is 87.4 Å². The third-order valence-electron chi connectivity index (χ3n) is 2.92. The predicted octanol–water partition coefficient (Wildman–Crippen LogP) is 2.66. The number of nitrogens with zero attached hydrogens (tertiary/aromatic N) is 1. The van der Waals surface area contributed by atoms with E-state index in [0.29, 0.717) is 0 Å². The lowest BCUT2D eigenvalue weighted by Crippen LogP contribution is -2.33. The SMILES string of the molecule is CCCCCCCc1c[nH]c(C)[n+]1C. The summed E-state index contributed by atoms with van der Waals surface area (Å²) in [7, 11) is 2.13. The second kappa shape index (κ2) is 5.84. The molecule has 0 fully saturated rings. The molecule has 2 heteroatoms. The van der Waals surface area contributed by atoms with Gasteiger partial charge in [0.25, 0.3) is 5.82 Å². The van der Waals surface area contributed by atoms with E-state index in [4.69, 9.17) is 0 Å². The van der Waals surface area contributed by atoms with Crippen LogP contribution in [0.3, 0.4) is 0 Å². The molecule has 0 radical (unpaired) electrons. The summed E-state index contributed by atoms with van der Waals surface area (Å²) < 4.78 is 2.25. The van der Waals surface area contributed by atoms with E-state index < -0.39 is 0 Å². The zero-order chi connectivity index (χ0) is 10.4. The fourth-order valence-electron chi connectivity index (χ4n) is 1.75. The molecule has 14 heavy (non-hydrogen) atoms. The highest BCUT2D eigenvalue weighted by molar-refractivity contribution is 4.89. The number of imidazole rings is 1. The number of nitrogens with one attached hydrogen (secondary N) is 1. The average molecular weight is 195 g/mol. The topological polar surface area (TPSA) is 19.7 Å². The molecule has 0 aliphatic rings. The molecule has 0 bridgehead atoms. The molecule has 0 aliphatic heterocycles. The van der Waals surface area contributed by atoms with Crippen LogP contribution in [0.15, 0.2) is 6.20 Å². The van der Waals surface area contributed by atoms with Crippen LogP contribution in [0.1, 0.15) is 50.5 Å². The summed E-state index contributed by atoms with van der Waals surface area (Å²) >= 11 is 0. The first kappa shape index (κ1) is 11.3. The van der Waals surface area contributed by atoms with Crippen molar-refractivity contribution in [2.45, 2.75) is 52.4 Å². The van der Waals surface area contributed by atoms with E-state index in [0.717, 1.165) is 0 Å². The van der Waals surface area contributed by atoms with Crippen LogP contribution >= 0.6 is 0 Å². The molecule has 1 N–H and O–H groups in total. The van der Waals surface area contributed by atoms with Gasteiger partial charge in [-0.15, -0.1) is 0 Å². The Balaban J connectivity index is 2.21. The average Bonchev–Trinajstić information content (AvgIpc) is 2.49. The minimum atomic E-state index is 1.21. The zero-order valence-electron chi connectivity index (χ0n) is 9.77. The standard InChI is InChI=1S/C12H22N2/c1-4-5-6-7-8-9-12-10-13-11(2)14(12)3/h10H,4-9H2,1-3H3/p+1. The van der Waals surface area contributed by atoms with Gasteiger partial charge in [0.05, 0.1) is 7.05 Å². The summed E-state index contributed by atoms with van der Waals surface area (Å²) in [4.78, 5) is 3.25. The highest BCUT2D eigenvalue weighted by Crippen LogP contribution is 2.06. The molecule has 0 aliphatic carbocycles. The van der Waals surface area contributed by atoms with Crippen molar-refractivity contribution in [1.29, 1.82) is 0 Å². The Kier molecular flexibility index (Phi) is 4.71. The maximum absolute atomic E-state index is 3.25. The molecule has 1 aromatic heterocycles. The third kappa shape index (κ3) is 3.17. The van der Waals surface area contributed by atoms with Crippen LogP contribution in [0.4, 0.5) is 0 Å². The molecule has 2 nitrogen and oxygen atoms in total. The largest absolute Gasteiger partial charge is 0.251 e. The molecule has 1 rings (SSSR count). The predicted molar refractivity (Wildman–Crippen MR) is 59.2 cm³/mol. The van der Waals surface area contributed by atoms with Crippen LogP contribution in [0, 0.1) is 6.92 Å². The van der Waals surface area contributed by atoms with Gasteiger partial charge in [-0.3, -0.25) is 0 Å². The van der Waals surface area contributed by atoms with Crippen LogP contribution in [0.5, 0.6) is 0 Å². The minimum absolute atomic E-state index is 1.21. The number of aryl methyl sites for hydroxylation is 2. The van der Waals surface area contributed by atoms with Gasteiger partial charge in [0.15, 0.2) is 0 Å². The number of hydrogen-bond donors (Lipinski definition) is 1. The minimum Gasteiger partial charge on any atom is -0.248 e. The zero-order valence-corrected chi connectivity index (χ0v) is 9.77. The summed E-state index contributed by atoms with van der Waals surface area (Å²) in [6.07, 6.45) is 10.2. The van der Waals surface area contributed by atoms with Gasteiger partial charge in [-0.1, -0.05) is 32.6 Å². The molecule has 0 amide bonds. The second-order valence-corrected chi connectivity index (χ2v) is 4.09. The molecule has 80 valence electrons. The number of H-pyrrole nitrogens is 1. The van der Waals surface area contributed by atoms with Gasteiger partial charge in [0.1, 0.15) is 11.9 Å². The van der Waals surface area contributed by atoms with Crippen molar-refractivity contribution in [2.24, 2.45) is 7.05 Å². The van der Waals surface area contributed by atoms with E-state index in [-0.39, 0.29) is 0 Å². The monoisotopic (exact) mass is 195 g/mol. The molecule has 1 heterocycles. The number of aromatic amines is 1. The first-order valence-corrected chi connectivity index (χ1v) is 5.78. The summed E-state index contributed by atoms with van der Waals surface area (Å²) in [5.74, 6) is 1.24. The Morgan fingerprint density at radius 2 is 1.93 bits per heavy atom. The Morgan fingerprint density at radius 1 is 1.21 bits per heavy atom. The van der Waals surface area contributed by atoms with Crippen molar-refractivity contribution < 1.29 is 4.57 Å². The summed E-state index contributed by atoms with van der Waals surface area (Å²) in [5, 5.41) is 0. The van der Waals surface area contributed by atoms with Gasteiger partial charge in [-0.2, -0.15) is 0 Å².